The highest BCUT2D eigenvalue weighted by molar-refractivity contribution is 6.30. The van der Waals surface area contributed by atoms with Gasteiger partial charge in [0.25, 0.3) is 11.8 Å². The lowest BCUT2D eigenvalue weighted by atomic mass is 9.80. The molecule has 44 heavy (non-hydrogen) atoms. The van der Waals surface area contributed by atoms with Gasteiger partial charge in [0.1, 0.15) is 11.4 Å². The number of carbonyl (C=O) groups is 3. The summed E-state index contributed by atoms with van der Waals surface area (Å²) in [6.07, 6.45) is -0.629. The summed E-state index contributed by atoms with van der Waals surface area (Å²) in [6, 6.07) is 12.7. The van der Waals surface area contributed by atoms with Gasteiger partial charge in [-0.2, -0.15) is 13.2 Å². The van der Waals surface area contributed by atoms with Crippen LogP contribution in [0.15, 0.2) is 66.9 Å². The van der Waals surface area contributed by atoms with Crippen LogP contribution in [0.2, 0.25) is 0 Å². The molecule has 0 radical (unpaired) electrons. The SMILES string of the molecule is [C-]#[N+]c1ccc(N2C(=O)N(c3ccc(CNC(=O)c4ccc5[nH]ccc5c4)c(F)c3)C3(CCCCC3)C2=O)cc1C(F)(F)F. The molecule has 1 aliphatic heterocycles. The van der Waals surface area contributed by atoms with Gasteiger partial charge in [0.15, 0.2) is 5.69 Å². The van der Waals surface area contributed by atoms with Crippen molar-refractivity contribution in [1.82, 2.24) is 10.3 Å². The Morgan fingerprint density at radius 3 is 2.43 bits per heavy atom. The van der Waals surface area contributed by atoms with E-state index in [2.05, 4.69) is 15.1 Å². The van der Waals surface area contributed by atoms with Crippen LogP contribution < -0.4 is 15.1 Å². The molecule has 1 aromatic heterocycles. The lowest BCUT2D eigenvalue weighted by molar-refractivity contribution is -0.136. The predicted octanol–water partition coefficient (Wildman–Crippen LogP) is 7.48. The van der Waals surface area contributed by atoms with Gasteiger partial charge in [-0.25, -0.2) is 18.9 Å². The molecule has 1 aliphatic carbocycles. The van der Waals surface area contributed by atoms with Crippen LogP contribution >= 0.6 is 0 Å². The number of alkyl halides is 3. The zero-order valence-corrected chi connectivity index (χ0v) is 23.2. The number of benzene rings is 3. The number of halogens is 4. The number of nitrogens with zero attached hydrogens (tertiary/aromatic N) is 3. The van der Waals surface area contributed by atoms with Crippen molar-refractivity contribution in [1.29, 1.82) is 0 Å². The van der Waals surface area contributed by atoms with Crippen molar-refractivity contribution in [3.8, 4) is 0 Å². The fraction of sp³-hybridized carbons (Fsp3) is 0.250. The highest BCUT2D eigenvalue weighted by atomic mass is 19.4. The zero-order chi connectivity index (χ0) is 31.2. The third-order valence-electron chi connectivity index (χ3n) is 8.31. The number of hydrogen-bond donors (Lipinski definition) is 2. The minimum Gasteiger partial charge on any atom is -0.361 e. The topological polar surface area (TPSA) is 89.9 Å². The number of fused-ring (bicyclic) bond motifs is 1. The molecule has 2 N–H and O–H groups in total. The largest absolute Gasteiger partial charge is 0.407 e. The molecule has 3 aromatic carbocycles. The van der Waals surface area contributed by atoms with Crippen molar-refractivity contribution in [2.45, 2.75) is 50.4 Å². The third-order valence-corrected chi connectivity index (χ3v) is 8.31. The Morgan fingerprint density at radius 1 is 0.977 bits per heavy atom. The van der Waals surface area contributed by atoms with Gasteiger partial charge in [-0.3, -0.25) is 14.5 Å². The van der Waals surface area contributed by atoms with Crippen LogP contribution in [0.5, 0.6) is 0 Å². The number of hydrogen-bond acceptors (Lipinski definition) is 3. The van der Waals surface area contributed by atoms with Crippen molar-refractivity contribution in [3.63, 3.8) is 0 Å². The quantitative estimate of drug-likeness (QED) is 0.141. The third kappa shape index (κ3) is 4.84. The van der Waals surface area contributed by atoms with Gasteiger partial charge in [-0.1, -0.05) is 31.4 Å². The zero-order valence-electron chi connectivity index (χ0n) is 23.2. The van der Waals surface area contributed by atoms with E-state index in [0.29, 0.717) is 29.4 Å². The minimum atomic E-state index is -4.88. The smallest absolute Gasteiger partial charge is 0.361 e. The molecule has 0 bridgehead atoms. The summed E-state index contributed by atoms with van der Waals surface area (Å²) in [4.78, 5) is 48.3. The monoisotopic (exact) mass is 603 g/mol. The van der Waals surface area contributed by atoms with Gasteiger partial charge < -0.3 is 10.3 Å². The Labute approximate surface area is 249 Å². The molecule has 6 rings (SSSR count). The van der Waals surface area contributed by atoms with E-state index in [-0.39, 0.29) is 36.3 Å². The van der Waals surface area contributed by atoms with Gasteiger partial charge in [0, 0.05) is 40.5 Å². The molecule has 4 amide bonds. The van der Waals surface area contributed by atoms with Crippen LogP contribution in [0.3, 0.4) is 0 Å². The van der Waals surface area contributed by atoms with Crippen molar-refractivity contribution in [3.05, 3.63) is 101 Å². The standard InChI is InChI=1S/C32H25F4N5O3/c1-37-27-10-8-22(16-24(27)32(34,35)36)40-29(43)31(12-3-2-4-13-31)41(30(40)44)23-7-5-21(25(33)17-23)18-39-28(42)20-6-9-26-19(15-20)11-14-38-26/h5-11,14-17,38H,2-4,12-13,18H2,(H,39,42). The first-order valence-electron chi connectivity index (χ1n) is 13.9. The molecule has 2 fully saturated rings. The lowest BCUT2D eigenvalue weighted by Gasteiger charge is -2.38. The van der Waals surface area contributed by atoms with E-state index in [1.165, 1.54) is 17.0 Å². The van der Waals surface area contributed by atoms with Crippen LogP contribution in [0.4, 0.5) is 39.4 Å². The maximum absolute atomic E-state index is 15.4. The summed E-state index contributed by atoms with van der Waals surface area (Å²) < 4.78 is 56.6. The summed E-state index contributed by atoms with van der Waals surface area (Å²) >= 11 is 0. The summed E-state index contributed by atoms with van der Waals surface area (Å²) in [5.74, 6) is -1.83. The average Bonchev–Trinajstić information content (AvgIpc) is 3.56. The van der Waals surface area contributed by atoms with Crippen LogP contribution in [0.1, 0.15) is 53.6 Å². The Bertz CT molecular complexity index is 1850. The Morgan fingerprint density at radius 2 is 1.73 bits per heavy atom. The number of imide groups is 1. The van der Waals surface area contributed by atoms with E-state index >= 15 is 4.39 Å². The summed E-state index contributed by atoms with van der Waals surface area (Å²) in [7, 11) is 0. The van der Waals surface area contributed by atoms with Crippen molar-refractivity contribution in [2.75, 3.05) is 9.80 Å². The minimum absolute atomic E-state index is 0.0760. The highest BCUT2D eigenvalue weighted by Gasteiger charge is 2.58. The molecule has 224 valence electrons. The summed E-state index contributed by atoms with van der Waals surface area (Å²) in [6.45, 7) is 6.95. The summed E-state index contributed by atoms with van der Waals surface area (Å²) in [5, 5.41) is 3.53. The molecule has 8 nitrogen and oxygen atoms in total. The number of H-pyrrole nitrogens is 1. The van der Waals surface area contributed by atoms with Crippen molar-refractivity contribution < 1.29 is 31.9 Å². The molecule has 1 saturated carbocycles. The maximum atomic E-state index is 15.4. The predicted molar refractivity (Wildman–Crippen MR) is 155 cm³/mol. The van der Waals surface area contributed by atoms with Crippen molar-refractivity contribution >= 4 is 45.8 Å². The molecule has 2 aliphatic rings. The average molecular weight is 604 g/mol. The van der Waals surface area contributed by atoms with Crippen molar-refractivity contribution in [2.24, 2.45) is 0 Å². The second-order valence-electron chi connectivity index (χ2n) is 10.9. The highest BCUT2D eigenvalue weighted by Crippen LogP contribution is 2.46. The normalized spacial score (nSPS) is 16.5. The van der Waals surface area contributed by atoms with Gasteiger partial charge in [0.05, 0.1) is 17.8 Å². The van der Waals surface area contributed by atoms with E-state index < -0.39 is 46.6 Å². The molecule has 1 spiro atoms. The second-order valence-corrected chi connectivity index (χ2v) is 10.9. The first-order chi connectivity index (χ1) is 21.0. The van der Waals surface area contributed by atoms with Gasteiger partial charge in [0.2, 0.25) is 0 Å². The Hall–Kier alpha value is -5.18. The van der Waals surface area contributed by atoms with Gasteiger partial charge >= 0.3 is 12.2 Å². The molecule has 0 atom stereocenters. The van der Waals surface area contributed by atoms with E-state index in [1.807, 2.05) is 6.07 Å². The molecule has 2 heterocycles. The molecule has 4 aromatic rings. The molecule has 0 unspecified atom stereocenters. The van der Waals surface area contributed by atoms with Crippen LogP contribution in [0, 0.1) is 12.4 Å². The van der Waals surface area contributed by atoms with E-state index in [1.54, 1.807) is 24.4 Å². The fourth-order valence-corrected chi connectivity index (χ4v) is 6.11. The fourth-order valence-electron chi connectivity index (χ4n) is 6.11. The number of nitrogens with one attached hydrogen (secondary N) is 2. The van der Waals surface area contributed by atoms with Gasteiger partial charge in [-0.05, 0) is 61.4 Å². The first kappa shape index (κ1) is 28.9. The van der Waals surface area contributed by atoms with Crippen LogP contribution in [0.25, 0.3) is 15.7 Å². The second kappa shape index (κ2) is 10.8. The van der Waals surface area contributed by atoms with Crippen LogP contribution in [-0.4, -0.2) is 28.4 Å². The van der Waals surface area contributed by atoms with E-state index in [0.717, 1.165) is 35.5 Å². The number of urea groups is 1. The number of carbonyl (C=O) groups excluding carboxylic acids is 3. The van der Waals surface area contributed by atoms with Crippen LogP contribution in [-0.2, 0) is 17.5 Å². The number of aromatic nitrogens is 1. The number of aromatic amines is 1. The van der Waals surface area contributed by atoms with Gasteiger partial charge in [-0.15, -0.1) is 0 Å². The lowest BCUT2D eigenvalue weighted by Crippen LogP contribution is -2.51. The molecular weight excluding hydrogens is 578 g/mol. The first-order valence-corrected chi connectivity index (χ1v) is 13.9. The number of amides is 4. The molecule has 1 saturated heterocycles. The molecule has 12 heteroatoms. The van der Waals surface area contributed by atoms with E-state index in [9.17, 15) is 27.6 Å². The summed E-state index contributed by atoms with van der Waals surface area (Å²) in [5.41, 5.74) is -2.14. The molecular formula is C32H25F4N5O3. The number of rotatable bonds is 5. The number of anilines is 2. The Kier molecular flexibility index (Phi) is 7.11. The maximum Gasteiger partial charge on any atom is 0.407 e. The van der Waals surface area contributed by atoms with E-state index in [4.69, 9.17) is 6.57 Å². The Balaban J connectivity index is 1.29.